The lowest BCUT2D eigenvalue weighted by Gasteiger charge is -2.21. The van der Waals surface area contributed by atoms with Crippen molar-refractivity contribution in [2.75, 3.05) is 6.54 Å². The number of nitrogens with one attached hydrogen (secondary N) is 1. The number of ether oxygens (including phenoxy) is 1. The minimum Gasteiger partial charge on any atom is -0.437 e. The summed E-state index contributed by atoms with van der Waals surface area (Å²) in [5.74, 6) is 1.40. The Labute approximate surface area is 176 Å². The Hall–Kier alpha value is -2.99. The summed E-state index contributed by atoms with van der Waals surface area (Å²) in [6.45, 7) is 1.85. The molecule has 0 aliphatic heterocycles. The first kappa shape index (κ1) is 20.3. The number of primary amides is 1. The number of carbonyl (C=O) groups is 1. The van der Waals surface area contributed by atoms with E-state index in [2.05, 4.69) is 27.4 Å². The molecule has 3 aromatic rings. The maximum Gasteiger partial charge on any atom is 0.250 e. The normalized spacial score (nSPS) is 14.7. The number of rotatable bonds is 8. The second-order valence-electron chi connectivity index (χ2n) is 7.94. The number of aromatic nitrogens is 2. The summed E-state index contributed by atoms with van der Waals surface area (Å²) < 4.78 is 5.94. The third-order valence-electron chi connectivity index (χ3n) is 5.83. The Balaban J connectivity index is 1.43. The summed E-state index contributed by atoms with van der Waals surface area (Å²) in [6, 6.07) is 11.2. The van der Waals surface area contributed by atoms with Gasteiger partial charge >= 0.3 is 0 Å². The lowest BCUT2D eigenvalue weighted by molar-refractivity contribution is 0.1000. The number of benzene rings is 1. The number of hydrogen-bond donors (Lipinski definition) is 2. The molecule has 6 heteroatoms. The zero-order chi connectivity index (χ0) is 20.8. The van der Waals surface area contributed by atoms with Crippen LogP contribution in [0, 0.1) is 5.92 Å². The lowest BCUT2D eigenvalue weighted by atomic mass is 9.87. The molecule has 1 aromatic carbocycles. The largest absolute Gasteiger partial charge is 0.437 e. The van der Waals surface area contributed by atoms with Crippen molar-refractivity contribution < 1.29 is 9.53 Å². The molecule has 0 saturated heterocycles. The van der Waals surface area contributed by atoms with E-state index in [4.69, 9.17) is 10.5 Å². The molecule has 0 radical (unpaired) electrons. The van der Waals surface area contributed by atoms with Crippen molar-refractivity contribution >= 4 is 16.8 Å². The van der Waals surface area contributed by atoms with Crippen molar-refractivity contribution in [2.24, 2.45) is 11.7 Å². The number of fused-ring (bicyclic) bond motifs is 1. The first-order valence-corrected chi connectivity index (χ1v) is 10.7. The smallest absolute Gasteiger partial charge is 0.250 e. The number of amides is 1. The predicted octanol–water partition coefficient (Wildman–Crippen LogP) is 4.58. The third kappa shape index (κ3) is 4.94. The third-order valence-corrected chi connectivity index (χ3v) is 5.83. The molecule has 1 fully saturated rings. The van der Waals surface area contributed by atoms with Gasteiger partial charge in [0.15, 0.2) is 5.75 Å². The van der Waals surface area contributed by atoms with E-state index in [9.17, 15) is 4.79 Å². The van der Waals surface area contributed by atoms with Crippen LogP contribution in [0.1, 0.15) is 54.4 Å². The van der Waals surface area contributed by atoms with E-state index >= 15 is 0 Å². The average Bonchev–Trinajstić information content (AvgIpc) is 2.79. The van der Waals surface area contributed by atoms with Crippen LogP contribution in [0.5, 0.6) is 11.6 Å². The highest BCUT2D eigenvalue weighted by atomic mass is 16.5. The summed E-state index contributed by atoms with van der Waals surface area (Å²) in [4.78, 5) is 19.9. The van der Waals surface area contributed by atoms with E-state index in [1.807, 2.05) is 12.1 Å². The van der Waals surface area contributed by atoms with Gasteiger partial charge in [0.25, 0.3) is 0 Å². The highest BCUT2D eigenvalue weighted by Crippen LogP contribution is 2.30. The van der Waals surface area contributed by atoms with Crippen molar-refractivity contribution in [3.63, 3.8) is 0 Å². The van der Waals surface area contributed by atoms with Gasteiger partial charge in [-0.1, -0.05) is 44.2 Å². The van der Waals surface area contributed by atoms with Gasteiger partial charge in [0, 0.05) is 30.4 Å². The van der Waals surface area contributed by atoms with Crippen LogP contribution in [-0.4, -0.2) is 22.4 Å². The van der Waals surface area contributed by atoms with Gasteiger partial charge < -0.3 is 15.8 Å². The van der Waals surface area contributed by atoms with Crippen molar-refractivity contribution in [1.29, 1.82) is 0 Å². The molecule has 156 valence electrons. The van der Waals surface area contributed by atoms with Crippen LogP contribution in [0.2, 0.25) is 0 Å². The van der Waals surface area contributed by atoms with Gasteiger partial charge in [-0.05, 0) is 42.6 Å². The highest BCUT2D eigenvalue weighted by Gasteiger charge is 2.13. The van der Waals surface area contributed by atoms with Crippen molar-refractivity contribution in [3.05, 3.63) is 59.9 Å². The summed E-state index contributed by atoms with van der Waals surface area (Å²) in [6.07, 6.45) is 11.4. The molecule has 6 nitrogen and oxygen atoms in total. The molecular formula is C24H28N4O2. The molecule has 2 heterocycles. The van der Waals surface area contributed by atoms with E-state index in [1.54, 1.807) is 18.3 Å². The molecule has 0 spiro atoms. The topological polar surface area (TPSA) is 90.1 Å². The minimum atomic E-state index is -0.512. The molecule has 0 bridgehead atoms. The second kappa shape index (κ2) is 9.67. The van der Waals surface area contributed by atoms with Gasteiger partial charge in [0.1, 0.15) is 5.52 Å². The molecule has 1 saturated carbocycles. The lowest BCUT2D eigenvalue weighted by Crippen LogP contribution is -2.19. The molecule has 2 aromatic heterocycles. The number of nitrogens with two attached hydrogens (primary N) is 1. The fourth-order valence-corrected chi connectivity index (χ4v) is 4.15. The summed E-state index contributed by atoms with van der Waals surface area (Å²) in [7, 11) is 0. The Morgan fingerprint density at radius 3 is 2.73 bits per heavy atom. The van der Waals surface area contributed by atoms with Gasteiger partial charge in [-0.15, -0.1) is 0 Å². The Kier molecular flexibility index (Phi) is 6.54. The monoisotopic (exact) mass is 404 g/mol. The first-order chi connectivity index (χ1) is 14.7. The van der Waals surface area contributed by atoms with Crippen LogP contribution in [0.25, 0.3) is 10.9 Å². The van der Waals surface area contributed by atoms with Gasteiger partial charge in [-0.25, -0.2) is 4.98 Å². The van der Waals surface area contributed by atoms with E-state index in [0.29, 0.717) is 17.2 Å². The van der Waals surface area contributed by atoms with Crippen LogP contribution in [0.15, 0.2) is 48.8 Å². The molecule has 3 N–H and O–H groups in total. The summed E-state index contributed by atoms with van der Waals surface area (Å²) in [5, 5.41) is 4.67. The molecule has 4 rings (SSSR count). The van der Waals surface area contributed by atoms with Gasteiger partial charge in [-0.3, -0.25) is 9.78 Å². The SMILES string of the molecule is NC(=O)c1ccc(Oc2ccc(CNCCC3CCCCC3)c3cccnc23)nc1. The molecule has 1 amide bonds. The van der Waals surface area contributed by atoms with Gasteiger partial charge in [-0.2, -0.15) is 0 Å². The minimum absolute atomic E-state index is 0.347. The summed E-state index contributed by atoms with van der Waals surface area (Å²) in [5.41, 5.74) is 7.61. The molecular weight excluding hydrogens is 376 g/mol. The number of carbonyl (C=O) groups excluding carboxylic acids is 1. The Morgan fingerprint density at radius 2 is 1.97 bits per heavy atom. The number of nitrogens with zero attached hydrogens (tertiary/aromatic N) is 2. The maximum absolute atomic E-state index is 11.2. The standard InChI is InChI=1S/C24H28N4O2/c25-24(29)19-9-11-22(28-16-19)30-21-10-8-18(20-7-4-13-27-23(20)21)15-26-14-12-17-5-2-1-3-6-17/h4,7-11,13,16-17,26H,1-3,5-6,12,14-15H2,(H2,25,29). The van der Waals surface area contributed by atoms with Gasteiger partial charge in [0.2, 0.25) is 11.8 Å². The van der Waals surface area contributed by atoms with Crippen LogP contribution in [-0.2, 0) is 6.54 Å². The molecule has 0 unspecified atom stereocenters. The first-order valence-electron chi connectivity index (χ1n) is 10.7. The fraction of sp³-hybridized carbons (Fsp3) is 0.375. The zero-order valence-electron chi connectivity index (χ0n) is 17.1. The summed E-state index contributed by atoms with van der Waals surface area (Å²) >= 11 is 0. The predicted molar refractivity (Wildman–Crippen MR) is 117 cm³/mol. The Morgan fingerprint density at radius 1 is 1.10 bits per heavy atom. The molecule has 1 aliphatic rings. The molecule has 0 atom stereocenters. The average molecular weight is 405 g/mol. The zero-order valence-corrected chi connectivity index (χ0v) is 17.1. The van der Waals surface area contributed by atoms with Gasteiger partial charge in [0.05, 0.1) is 5.56 Å². The molecule has 1 aliphatic carbocycles. The number of hydrogen-bond acceptors (Lipinski definition) is 5. The van der Waals surface area contributed by atoms with Crippen LogP contribution in [0.4, 0.5) is 0 Å². The van der Waals surface area contributed by atoms with Crippen molar-refractivity contribution in [3.8, 4) is 11.6 Å². The maximum atomic E-state index is 11.2. The van der Waals surface area contributed by atoms with E-state index in [0.717, 1.165) is 29.9 Å². The van der Waals surface area contributed by atoms with E-state index in [-0.39, 0.29) is 0 Å². The fourth-order valence-electron chi connectivity index (χ4n) is 4.15. The Bertz CT molecular complexity index is 998. The van der Waals surface area contributed by atoms with Crippen molar-refractivity contribution in [2.45, 2.75) is 45.1 Å². The van der Waals surface area contributed by atoms with Crippen molar-refractivity contribution in [1.82, 2.24) is 15.3 Å². The second-order valence-corrected chi connectivity index (χ2v) is 7.94. The van der Waals surface area contributed by atoms with Crippen LogP contribution >= 0.6 is 0 Å². The molecule has 30 heavy (non-hydrogen) atoms. The highest BCUT2D eigenvalue weighted by molar-refractivity contribution is 5.92. The quantitative estimate of drug-likeness (QED) is 0.536. The van der Waals surface area contributed by atoms with E-state index in [1.165, 1.54) is 50.3 Å². The van der Waals surface area contributed by atoms with Crippen LogP contribution < -0.4 is 15.8 Å². The number of pyridine rings is 2. The van der Waals surface area contributed by atoms with E-state index < -0.39 is 5.91 Å². The van der Waals surface area contributed by atoms with Crippen LogP contribution in [0.3, 0.4) is 0 Å².